The van der Waals surface area contributed by atoms with Crippen LogP contribution < -0.4 is 5.73 Å². The van der Waals surface area contributed by atoms with Crippen molar-refractivity contribution in [1.29, 1.82) is 0 Å². The highest BCUT2D eigenvalue weighted by molar-refractivity contribution is 5.68. The molecule has 1 rings (SSSR count). The molecular weight excluding hydrogens is 216 g/mol. The van der Waals surface area contributed by atoms with Gasteiger partial charge in [0.25, 0.3) is 0 Å². The summed E-state index contributed by atoms with van der Waals surface area (Å²) in [4.78, 5) is 13.7. The molecular formula is C13H26N2O2. The summed E-state index contributed by atoms with van der Waals surface area (Å²) in [5.74, 6) is 0. The summed E-state index contributed by atoms with van der Waals surface area (Å²) in [7, 11) is 0. The highest BCUT2D eigenvalue weighted by atomic mass is 16.6. The molecule has 0 saturated carbocycles. The second-order valence-corrected chi connectivity index (χ2v) is 6.03. The summed E-state index contributed by atoms with van der Waals surface area (Å²) in [5.41, 5.74) is 5.66. The fourth-order valence-corrected chi connectivity index (χ4v) is 2.19. The molecule has 0 atom stereocenters. The van der Waals surface area contributed by atoms with Crippen LogP contribution in [0.1, 0.15) is 47.0 Å². The van der Waals surface area contributed by atoms with Gasteiger partial charge in [0, 0.05) is 13.1 Å². The van der Waals surface area contributed by atoms with Crippen LogP contribution in [0.5, 0.6) is 0 Å². The molecule has 17 heavy (non-hydrogen) atoms. The van der Waals surface area contributed by atoms with Gasteiger partial charge in [-0.1, -0.05) is 6.92 Å². The zero-order valence-corrected chi connectivity index (χ0v) is 11.6. The molecule has 1 aliphatic heterocycles. The molecule has 1 aliphatic rings. The van der Waals surface area contributed by atoms with E-state index in [1.807, 2.05) is 20.8 Å². The average Bonchev–Trinajstić information content (AvgIpc) is 2.27. The minimum absolute atomic E-state index is 0.195. The Kier molecular flexibility index (Phi) is 4.42. The number of ether oxygens (including phenoxy) is 1. The van der Waals surface area contributed by atoms with Gasteiger partial charge in [0.15, 0.2) is 0 Å². The van der Waals surface area contributed by atoms with Crippen LogP contribution in [-0.4, -0.2) is 36.2 Å². The van der Waals surface area contributed by atoms with Crippen molar-refractivity contribution >= 4 is 6.09 Å². The maximum atomic E-state index is 11.9. The molecule has 1 amide bonds. The number of carbonyl (C=O) groups excluding carboxylic acids is 1. The van der Waals surface area contributed by atoms with Crippen LogP contribution in [0.2, 0.25) is 0 Å². The maximum Gasteiger partial charge on any atom is 0.410 e. The van der Waals surface area contributed by atoms with E-state index in [2.05, 4.69) is 6.92 Å². The Labute approximate surface area is 104 Å². The molecule has 4 heteroatoms. The number of rotatable bonds is 2. The quantitative estimate of drug-likeness (QED) is 0.808. The number of hydrogen-bond donors (Lipinski definition) is 1. The van der Waals surface area contributed by atoms with Crippen LogP contribution >= 0.6 is 0 Å². The average molecular weight is 242 g/mol. The van der Waals surface area contributed by atoms with Crippen molar-refractivity contribution in [2.45, 2.75) is 52.6 Å². The van der Waals surface area contributed by atoms with Crippen molar-refractivity contribution in [2.75, 3.05) is 19.6 Å². The largest absolute Gasteiger partial charge is 0.444 e. The van der Waals surface area contributed by atoms with E-state index < -0.39 is 5.60 Å². The predicted octanol–water partition coefficient (Wildman–Crippen LogP) is 2.37. The summed E-state index contributed by atoms with van der Waals surface area (Å²) in [6.07, 6.45) is 2.86. The van der Waals surface area contributed by atoms with Gasteiger partial charge in [-0.05, 0) is 52.0 Å². The Balaban J connectivity index is 2.49. The molecule has 1 heterocycles. The minimum atomic E-state index is -0.412. The highest BCUT2D eigenvalue weighted by Crippen LogP contribution is 2.33. The van der Waals surface area contributed by atoms with Crippen LogP contribution in [0, 0.1) is 5.41 Å². The van der Waals surface area contributed by atoms with Crippen molar-refractivity contribution in [3.63, 3.8) is 0 Å². The van der Waals surface area contributed by atoms with Crippen LogP contribution in [0.3, 0.4) is 0 Å². The van der Waals surface area contributed by atoms with Gasteiger partial charge in [-0.25, -0.2) is 4.79 Å². The number of hydrogen-bond acceptors (Lipinski definition) is 3. The molecule has 4 nitrogen and oxygen atoms in total. The smallest absolute Gasteiger partial charge is 0.410 e. The van der Waals surface area contributed by atoms with Crippen molar-refractivity contribution in [2.24, 2.45) is 11.1 Å². The first kappa shape index (κ1) is 14.3. The number of piperidine rings is 1. The first-order valence-electron chi connectivity index (χ1n) is 6.50. The normalized spacial score (nSPS) is 20.2. The van der Waals surface area contributed by atoms with Crippen LogP contribution in [0.15, 0.2) is 0 Å². The van der Waals surface area contributed by atoms with Crippen molar-refractivity contribution < 1.29 is 9.53 Å². The molecule has 0 unspecified atom stereocenters. The molecule has 0 spiro atoms. The predicted molar refractivity (Wildman–Crippen MR) is 68.8 cm³/mol. The molecule has 1 saturated heterocycles. The van der Waals surface area contributed by atoms with E-state index in [0.29, 0.717) is 6.54 Å². The fraction of sp³-hybridized carbons (Fsp3) is 0.923. The van der Waals surface area contributed by atoms with E-state index >= 15 is 0 Å². The third kappa shape index (κ3) is 3.87. The third-order valence-electron chi connectivity index (χ3n) is 3.66. The molecule has 100 valence electrons. The van der Waals surface area contributed by atoms with Gasteiger partial charge in [0.1, 0.15) is 5.60 Å². The lowest BCUT2D eigenvalue weighted by Gasteiger charge is -2.40. The summed E-state index contributed by atoms with van der Waals surface area (Å²) < 4.78 is 5.37. The van der Waals surface area contributed by atoms with Crippen LogP contribution in [-0.2, 0) is 4.74 Å². The Morgan fingerprint density at radius 2 is 1.88 bits per heavy atom. The minimum Gasteiger partial charge on any atom is -0.444 e. The van der Waals surface area contributed by atoms with Crippen molar-refractivity contribution in [3.05, 3.63) is 0 Å². The van der Waals surface area contributed by atoms with Crippen LogP contribution in [0.25, 0.3) is 0 Å². The van der Waals surface area contributed by atoms with Gasteiger partial charge in [-0.15, -0.1) is 0 Å². The lowest BCUT2D eigenvalue weighted by molar-refractivity contribution is 0.0104. The number of nitrogens with two attached hydrogens (primary N) is 1. The van der Waals surface area contributed by atoms with E-state index in [-0.39, 0.29) is 11.5 Å². The number of carbonyl (C=O) groups is 1. The maximum absolute atomic E-state index is 11.9. The Hall–Kier alpha value is -0.770. The van der Waals surface area contributed by atoms with Gasteiger partial charge in [0.2, 0.25) is 0 Å². The zero-order valence-electron chi connectivity index (χ0n) is 11.6. The van der Waals surface area contributed by atoms with E-state index in [1.54, 1.807) is 4.90 Å². The van der Waals surface area contributed by atoms with Gasteiger partial charge in [-0.2, -0.15) is 0 Å². The van der Waals surface area contributed by atoms with E-state index in [9.17, 15) is 4.79 Å². The number of nitrogens with zero attached hydrogens (tertiary/aromatic N) is 1. The Bertz CT molecular complexity index is 257. The molecule has 0 radical (unpaired) electrons. The molecule has 0 aromatic heterocycles. The molecule has 0 aliphatic carbocycles. The van der Waals surface area contributed by atoms with E-state index in [0.717, 1.165) is 32.4 Å². The SMILES string of the molecule is CCC1(CN)CCN(C(=O)OC(C)(C)C)CC1. The molecule has 0 aromatic rings. The lowest BCUT2D eigenvalue weighted by Crippen LogP contribution is -2.47. The lowest BCUT2D eigenvalue weighted by atomic mass is 9.76. The Morgan fingerprint density at radius 3 is 2.24 bits per heavy atom. The topological polar surface area (TPSA) is 55.6 Å². The number of likely N-dealkylation sites (tertiary alicyclic amines) is 1. The molecule has 0 bridgehead atoms. The van der Waals surface area contributed by atoms with Gasteiger partial charge in [0.05, 0.1) is 0 Å². The highest BCUT2D eigenvalue weighted by Gasteiger charge is 2.34. The second kappa shape index (κ2) is 5.25. The second-order valence-electron chi connectivity index (χ2n) is 6.03. The number of amides is 1. The van der Waals surface area contributed by atoms with Gasteiger partial charge in [-0.3, -0.25) is 0 Å². The first-order chi connectivity index (χ1) is 7.82. The molecule has 0 aromatic carbocycles. The van der Waals surface area contributed by atoms with E-state index in [4.69, 9.17) is 10.5 Å². The molecule has 1 fully saturated rings. The van der Waals surface area contributed by atoms with Crippen LogP contribution in [0.4, 0.5) is 4.79 Å². The summed E-state index contributed by atoms with van der Waals surface area (Å²) in [6, 6.07) is 0. The monoisotopic (exact) mass is 242 g/mol. The summed E-state index contributed by atoms with van der Waals surface area (Å²) in [6.45, 7) is 10.1. The third-order valence-corrected chi connectivity index (χ3v) is 3.66. The van der Waals surface area contributed by atoms with Crippen molar-refractivity contribution in [3.8, 4) is 0 Å². The summed E-state index contributed by atoms with van der Waals surface area (Å²) >= 11 is 0. The standard InChI is InChI=1S/C13H26N2O2/c1-5-13(10-14)6-8-15(9-7-13)11(16)17-12(2,3)4/h5-10,14H2,1-4H3. The van der Waals surface area contributed by atoms with Crippen molar-refractivity contribution in [1.82, 2.24) is 4.90 Å². The Morgan fingerprint density at radius 1 is 1.35 bits per heavy atom. The fourth-order valence-electron chi connectivity index (χ4n) is 2.19. The zero-order chi connectivity index (χ0) is 13.1. The van der Waals surface area contributed by atoms with Gasteiger partial charge < -0.3 is 15.4 Å². The summed E-state index contributed by atoms with van der Waals surface area (Å²) in [5, 5.41) is 0. The molecule has 2 N–H and O–H groups in total. The first-order valence-corrected chi connectivity index (χ1v) is 6.50. The van der Waals surface area contributed by atoms with E-state index in [1.165, 1.54) is 0 Å². The van der Waals surface area contributed by atoms with Gasteiger partial charge >= 0.3 is 6.09 Å².